The minimum atomic E-state index is 0.375. The van der Waals surface area contributed by atoms with Gasteiger partial charge in [0.15, 0.2) is 0 Å². The number of hydrogen-bond acceptors (Lipinski definition) is 2. The summed E-state index contributed by atoms with van der Waals surface area (Å²) in [4.78, 5) is 0. The second-order valence-corrected chi connectivity index (χ2v) is 4.99. The van der Waals surface area contributed by atoms with Gasteiger partial charge in [0.1, 0.15) is 0 Å². The van der Waals surface area contributed by atoms with Crippen LogP contribution in [0.1, 0.15) is 43.4 Å². The van der Waals surface area contributed by atoms with Crippen molar-refractivity contribution in [3.8, 4) is 0 Å². The zero-order valence-corrected chi connectivity index (χ0v) is 9.90. The van der Waals surface area contributed by atoms with Crippen molar-refractivity contribution in [1.29, 1.82) is 0 Å². The van der Waals surface area contributed by atoms with Gasteiger partial charge in [-0.05, 0) is 37.7 Å². The Kier molecular flexibility index (Phi) is 2.83. The van der Waals surface area contributed by atoms with Crippen LogP contribution >= 0.6 is 0 Å². The fourth-order valence-corrected chi connectivity index (χ4v) is 2.82. The average Bonchev–Trinajstić information content (AvgIpc) is 2.51. The van der Waals surface area contributed by atoms with E-state index in [0.29, 0.717) is 12.0 Å². The number of aromatic nitrogens is 2. The minimum absolute atomic E-state index is 0.375. The summed E-state index contributed by atoms with van der Waals surface area (Å²) in [7, 11) is 2.04. The van der Waals surface area contributed by atoms with Crippen LogP contribution in [0.15, 0.2) is 6.20 Å². The van der Waals surface area contributed by atoms with Gasteiger partial charge in [-0.1, -0.05) is 6.92 Å². The van der Waals surface area contributed by atoms with Crippen molar-refractivity contribution in [1.82, 2.24) is 9.78 Å². The van der Waals surface area contributed by atoms with E-state index >= 15 is 0 Å². The van der Waals surface area contributed by atoms with E-state index in [4.69, 9.17) is 5.73 Å². The van der Waals surface area contributed by atoms with Crippen molar-refractivity contribution in [2.75, 3.05) is 0 Å². The summed E-state index contributed by atoms with van der Waals surface area (Å²) >= 11 is 0. The fourth-order valence-electron chi connectivity index (χ4n) is 2.82. The van der Waals surface area contributed by atoms with E-state index in [1.54, 1.807) is 0 Å². The molecule has 1 heterocycles. The molecular formula is C12H21N3. The molecule has 15 heavy (non-hydrogen) atoms. The first-order valence-electron chi connectivity index (χ1n) is 5.83. The molecule has 3 nitrogen and oxygen atoms in total. The van der Waals surface area contributed by atoms with Crippen LogP contribution in [0.3, 0.4) is 0 Å². The Bertz CT molecular complexity index is 323. The molecule has 84 valence electrons. The Balaban J connectivity index is 2.28. The summed E-state index contributed by atoms with van der Waals surface area (Å²) in [5, 5.41) is 4.33. The van der Waals surface area contributed by atoms with Crippen LogP contribution in [0.5, 0.6) is 0 Å². The van der Waals surface area contributed by atoms with Gasteiger partial charge in [-0.3, -0.25) is 4.68 Å². The van der Waals surface area contributed by atoms with E-state index in [1.165, 1.54) is 24.1 Å². The molecule has 2 N–H and O–H groups in total. The summed E-state index contributed by atoms with van der Waals surface area (Å²) < 4.78 is 2.02. The minimum Gasteiger partial charge on any atom is -0.328 e. The van der Waals surface area contributed by atoms with Crippen LogP contribution in [-0.4, -0.2) is 15.8 Å². The van der Waals surface area contributed by atoms with Gasteiger partial charge in [-0.2, -0.15) is 5.10 Å². The predicted molar refractivity (Wildman–Crippen MR) is 61.7 cm³/mol. The third-order valence-corrected chi connectivity index (χ3v) is 3.76. The molecule has 0 radical (unpaired) electrons. The number of rotatable bonds is 1. The van der Waals surface area contributed by atoms with Crippen molar-refractivity contribution in [3.63, 3.8) is 0 Å². The molecule has 1 aromatic rings. The smallest absolute Gasteiger partial charge is 0.0521 e. The Morgan fingerprint density at radius 3 is 2.80 bits per heavy atom. The van der Waals surface area contributed by atoms with Crippen LogP contribution in [0.2, 0.25) is 0 Å². The molecular weight excluding hydrogens is 186 g/mol. The summed E-state index contributed by atoms with van der Waals surface area (Å²) in [6.45, 7) is 4.48. The number of aryl methyl sites for hydroxylation is 2. The summed E-state index contributed by atoms with van der Waals surface area (Å²) in [5.41, 5.74) is 8.76. The molecule has 0 amide bonds. The standard InChI is InChI=1S/C12H21N3/c1-8-4-5-10(13)6-11(8)12-9(2)7-14-15(12)3/h7-8,10-11H,4-6,13H2,1-3H3. The van der Waals surface area contributed by atoms with Crippen molar-refractivity contribution in [2.45, 2.75) is 45.1 Å². The van der Waals surface area contributed by atoms with E-state index in [-0.39, 0.29) is 0 Å². The average molecular weight is 207 g/mol. The summed E-state index contributed by atoms with van der Waals surface area (Å²) in [6.07, 6.45) is 5.49. The van der Waals surface area contributed by atoms with Gasteiger partial charge >= 0.3 is 0 Å². The highest BCUT2D eigenvalue weighted by molar-refractivity contribution is 5.21. The molecule has 1 aliphatic rings. The maximum absolute atomic E-state index is 6.06. The molecule has 3 atom stereocenters. The Morgan fingerprint density at radius 2 is 2.20 bits per heavy atom. The lowest BCUT2D eigenvalue weighted by Crippen LogP contribution is -2.32. The van der Waals surface area contributed by atoms with E-state index in [2.05, 4.69) is 18.9 Å². The number of nitrogens with zero attached hydrogens (tertiary/aromatic N) is 2. The first-order chi connectivity index (χ1) is 7.09. The maximum Gasteiger partial charge on any atom is 0.0521 e. The van der Waals surface area contributed by atoms with E-state index in [1.807, 2.05) is 17.9 Å². The molecule has 1 aromatic heterocycles. The summed E-state index contributed by atoms with van der Waals surface area (Å²) in [5.74, 6) is 1.33. The topological polar surface area (TPSA) is 43.8 Å². The molecule has 0 aromatic carbocycles. The molecule has 3 heteroatoms. The number of nitrogens with two attached hydrogens (primary N) is 1. The SMILES string of the molecule is Cc1cnn(C)c1C1CC(N)CCC1C. The Morgan fingerprint density at radius 1 is 1.47 bits per heavy atom. The van der Waals surface area contributed by atoms with Gasteiger partial charge in [-0.15, -0.1) is 0 Å². The zero-order valence-electron chi connectivity index (χ0n) is 9.90. The quantitative estimate of drug-likeness (QED) is 0.765. The predicted octanol–water partition coefficient (Wildman–Crippen LogP) is 1.96. The lowest BCUT2D eigenvalue weighted by molar-refractivity contribution is 0.289. The molecule has 0 saturated heterocycles. The van der Waals surface area contributed by atoms with E-state index < -0.39 is 0 Å². The Labute approximate surface area is 91.7 Å². The van der Waals surface area contributed by atoms with Gasteiger partial charge in [-0.25, -0.2) is 0 Å². The molecule has 1 saturated carbocycles. The molecule has 0 aliphatic heterocycles. The van der Waals surface area contributed by atoms with Crippen LogP contribution in [0.25, 0.3) is 0 Å². The van der Waals surface area contributed by atoms with Gasteiger partial charge in [0.05, 0.1) is 6.20 Å². The first kappa shape index (κ1) is 10.7. The van der Waals surface area contributed by atoms with E-state index in [9.17, 15) is 0 Å². The highest BCUT2D eigenvalue weighted by Crippen LogP contribution is 2.37. The fraction of sp³-hybridized carbons (Fsp3) is 0.750. The van der Waals surface area contributed by atoms with Gasteiger partial charge in [0, 0.05) is 24.7 Å². The zero-order chi connectivity index (χ0) is 11.0. The number of hydrogen-bond donors (Lipinski definition) is 1. The highest BCUT2D eigenvalue weighted by atomic mass is 15.3. The van der Waals surface area contributed by atoms with Crippen LogP contribution in [0.4, 0.5) is 0 Å². The highest BCUT2D eigenvalue weighted by Gasteiger charge is 2.29. The third kappa shape index (κ3) is 1.93. The maximum atomic E-state index is 6.06. The lowest BCUT2D eigenvalue weighted by Gasteiger charge is -2.33. The van der Waals surface area contributed by atoms with Crippen molar-refractivity contribution in [2.24, 2.45) is 18.7 Å². The van der Waals surface area contributed by atoms with Gasteiger partial charge in [0.25, 0.3) is 0 Å². The van der Waals surface area contributed by atoms with Crippen LogP contribution in [0, 0.1) is 12.8 Å². The summed E-state index contributed by atoms with van der Waals surface area (Å²) in [6, 6.07) is 0.375. The van der Waals surface area contributed by atoms with Gasteiger partial charge in [0.2, 0.25) is 0 Å². The normalized spacial score (nSPS) is 31.9. The lowest BCUT2D eigenvalue weighted by atomic mass is 9.76. The second-order valence-electron chi connectivity index (χ2n) is 4.99. The second kappa shape index (κ2) is 3.97. The Hall–Kier alpha value is -0.830. The van der Waals surface area contributed by atoms with Gasteiger partial charge < -0.3 is 5.73 Å². The monoisotopic (exact) mass is 207 g/mol. The van der Waals surface area contributed by atoms with Crippen molar-refractivity contribution < 1.29 is 0 Å². The molecule has 0 bridgehead atoms. The van der Waals surface area contributed by atoms with E-state index in [0.717, 1.165) is 12.3 Å². The third-order valence-electron chi connectivity index (χ3n) is 3.76. The molecule has 2 rings (SSSR count). The first-order valence-corrected chi connectivity index (χ1v) is 5.83. The molecule has 1 fully saturated rings. The molecule has 3 unspecified atom stereocenters. The van der Waals surface area contributed by atoms with Crippen molar-refractivity contribution >= 4 is 0 Å². The van der Waals surface area contributed by atoms with Crippen molar-refractivity contribution in [3.05, 3.63) is 17.5 Å². The van der Waals surface area contributed by atoms with Crippen LogP contribution in [-0.2, 0) is 7.05 Å². The molecule has 1 aliphatic carbocycles. The van der Waals surface area contributed by atoms with Crippen LogP contribution < -0.4 is 5.73 Å². The molecule has 0 spiro atoms. The largest absolute Gasteiger partial charge is 0.328 e.